The predicted molar refractivity (Wildman–Crippen MR) is 117 cm³/mol. The van der Waals surface area contributed by atoms with Gasteiger partial charge in [-0.3, -0.25) is 4.79 Å². The van der Waals surface area contributed by atoms with Crippen LogP contribution >= 0.6 is 0 Å². The monoisotopic (exact) mass is 437 g/mol. The molecule has 166 valence electrons. The van der Waals surface area contributed by atoms with Crippen molar-refractivity contribution in [2.24, 2.45) is 0 Å². The Morgan fingerprint density at radius 2 is 2.00 bits per heavy atom. The Labute approximate surface area is 185 Å². The maximum absolute atomic E-state index is 14.5. The summed E-state index contributed by atoms with van der Waals surface area (Å²) in [6.45, 7) is 1.81. The molecule has 0 amide bonds. The number of carboxylic acid groups (broad SMARTS) is 1. The Morgan fingerprint density at radius 3 is 2.78 bits per heavy atom. The van der Waals surface area contributed by atoms with Gasteiger partial charge in [0.25, 0.3) is 5.97 Å². The zero-order valence-corrected chi connectivity index (χ0v) is 17.9. The number of fused-ring (bicyclic) bond motifs is 2. The maximum Gasteiger partial charge on any atom is 0.300 e. The van der Waals surface area contributed by atoms with E-state index < -0.39 is 5.97 Å². The topological polar surface area (TPSA) is 77.9 Å². The lowest BCUT2D eigenvalue weighted by Gasteiger charge is -2.16. The molecule has 1 aromatic heterocycles. The third kappa shape index (κ3) is 4.51. The summed E-state index contributed by atoms with van der Waals surface area (Å²) in [6.07, 6.45) is 3.80. The zero-order valence-electron chi connectivity index (χ0n) is 17.9. The van der Waals surface area contributed by atoms with Crippen LogP contribution in [0.5, 0.6) is 17.4 Å². The lowest BCUT2D eigenvalue weighted by atomic mass is 9.97. The van der Waals surface area contributed by atoms with Crippen molar-refractivity contribution in [2.75, 3.05) is 13.7 Å². The van der Waals surface area contributed by atoms with Crippen LogP contribution in [0.1, 0.15) is 36.1 Å². The quantitative estimate of drug-likeness (QED) is 0.620. The number of aromatic nitrogens is 1. The first-order chi connectivity index (χ1) is 15.5. The Balaban J connectivity index is 0.000000567. The van der Waals surface area contributed by atoms with Crippen molar-refractivity contribution in [1.29, 1.82) is 0 Å². The fourth-order valence-corrected chi connectivity index (χ4v) is 4.11. The van der Waals surface area contributed by atoms with Gasteiger partial charge in [0.15, 0.2) is 0 Å². The molecule has 1 N–H and O–H groups in total. The predicted octanol–water partition coefficient (Wildman–Crippen LogP) is 4.99. The van der Waals surface area contributed by atoms with Crippen LogP contribution in [0.3, 0.4) is 0 Å². The van der Waals surface area contributed by atoms with Crippen LogP contribution in [0.25, 0.3) is 11.1 Å². The highest BCUT2D eigenvalue weighted by Gasteiger charge is 2.28. The molecule has 0 fully saturated rings. The molecule has 0 bridgehead atoms. The summed E-state index contributed by atoms with van der Waals surface area (Å²) < 4.78 is 31.6. The van der Waals surface area contributed by atoms with Gasteiger partial charge in [0.05, 0.1) is 19.9 Å². The molecule has 1 unspecified atom stereocenters. The van der Waals surface area contributed by atoms with Crippen LogP contribution in [0.15, 0.2) is 48.7 Å². The van der Waals surface area contributed by atoms with Gasteiger partial charge in [0.1, 0.15) is 23.4 Å². The van der Waals surface area contributed by atoms with Crippen molar-refractivity contribution in [3.8, 4) is 28.5 Å². The van der Waals surface area contributed by atoms with Crippen molar-refractivity contribution in [3.05, 3.63) is 71.2 Å². The number of benzene rings is 2. The summed E-state index contributed by atoms with van der Waals surface area (Å²) >= 11 is 0. The van der Waals surface area contributed by atoms with Gasteiger partial charge in [-0.15, -0.1) is 0 Å². The number of nitrogens with zero attached hydrogens (tertiary/aromatic N) is 1. The normalized spacial score (nSPS) is 15.7. The highest BCUT2D eigenvalue weighted by atomic mass is 19.1. The van der Waals surface area contributed by atoms with E-state index in [1.54, 1.807) is 6.07 Å². The van der Waals surface area contributed by atoms with Crippen molar-refractivity contribution < 1.29 is 28.5 Å². The number of ether oxygens (including phenoxy) is 3. The van der Waals surface area contributed by atoms with Crippen LogP contribution in [0.4, 0.5) is 4.39 Å². The van der Waals surface area contributed by atoms with E-state index in [2.05, 4.69) is 17.1 Å². The summed E-state index contributed by atoms with van der Waals surface area (Å²) in [5, 5.41) is 7.42. The minimum absolute atomic E-state index is 0.0544. The minimum Gasteiger partial charge on any atom is -0.493 e. The molecule has 6 nitrogen and oxygen atoms in total. The van der Waals surface area contributed by atoms with Gasteiger partial charge < -0.3 is 19.3 Å². The second kappa shape index (κ2) is 9.26. The van der Waals surface area contributed by atoms with Crippen LogP contribution in [-0.2, 0) is 17.6 Å². The fraction of sp³-hybridized carbons (Fsp3) is 0.280. The van der Waals surface area contributed by atoms with Crippen LogP contribution in [0.2, 0.25) is 0 Å². The second-order valence-electron chi connectivity index (χ2n) is 7.61. The van der Waals surface area contributed by atoms with Crippen LogP contribution < -0.4 is 14.2 Å². The highest BCUT2D eigenvalue weighted by molar-refractivity contribution is 5.71. The summed E-state index contributed by atoms with van der Waals surface area (Å²) in [5.41, 5.74) is 4.84. The van der Waals surface area contributed by atoms with Crippen molar-refractivity contribution in [1.82, 2.24) is 4.98 Å². The zero-order chi connectivity index (χ0) is 22.7. The van der Waals surface area contributed by atoms with Gasteiger partial charge >= 0.3 is 0 Å². The Kier molecular flexibility index (Phi) is 6.25. The van der Waals surface area contributed by atoms with Gasteiger partial charge in [-0.25, -0.2) is 9.37 Å². The average molecular weight is 437 g/mol. The van der Waals surface area contributed by atoms with E-state index in [1.165, 1.54) is 18.9 Å². The molecular weight excluding hydrogens is 413 g/mol. The van der Waals surface area contributed by atoms with Gasteiger partial charge in [0.2, 0.25) is 5.88 Å². The first kappa shape index (κ1) is 21.6. The highest BCUT2D eigenvalue weighted by Crippen LogP contribution is 2.42. The van der Waals surface area contributed by atoms with Crippen LogP contribution in [0, 0.1) is 5.82 Å². The van der Waals surface area contributed by atoms with Gasteiger partial charge in [-0.2, -0.15) is 0 Å². The first-order valence-corrected chi connectivity index (χ1v) is 10.4. The van der Waals surface area contributed by atoms with Crippen LogP contribution in [-0.4, -0.2) is 29.8 Å². The van der Waals surface area contributed by atoms with E-state index in [-0.39, 0.29) is 11.9 Å². The molecule has 7 heteroatoms. The maximum atomic E-state index is 14.5. The molecule has 1 aliphatic carbocycles. The minimum atomic E-state index is -0.833. The van der Waals surface area contributed by atoms with Gasteiger partial charge in [-0.05, 0) is 41.2 Å². The number of carbonyl (C=O) groups is 1. The van der Waals surface area contributed by atoms with E-state index in [4.69, 9.17) is 24.1 Å². The first-order valence-electron chi connectivity index (χ1n) is 10.4. The molecule has 2 aromatic carbocycles. The van der Waals surface area contributed by atoms with Crippen molar-refractivity contribution >= 4 is 5.97 Å². The third-order valence-electron chi connectivity index (χ3n) is 5.49. The molecule has 2 aliphatic rings. The van der Waals surface area contributed by atoms with E-state index in [0.717, 1.165) is 61.0 Å². The lowest BCUT2D eigenvalue weighted by molar-refractivity contribution is -0.134. The van der Waals surface area contributed by atoms with E-state index in [9.17, 15) is 4.39 Å². The smallest absolute Gasteiger partial charge is 0.300 e. The van der Waals surface area contributed by atoms with E-state index in [0.29, 0.717) is 11.4 Å². The Morgan fingerprint density at radius 1 is 1.19 bits per heavy atom. The molecule has 1 aliphatic heterocycles. The molecule has 1 atom stereocenters. The standard InChI is InChI=1S/C23H20FNO3.C2H4O2/c1-26-23-12-19(20(24)13-25-23)16-3-2-4-18-17(16)7-8-21(18)28-15-6-5-14-9-10-27-22(14)11-15;1-2(3)4/h2-6,11-13,21H,7-10H2,1H3;1H3,(H,3,4). The molecule has 32 heavy (non-hydrogen) atoms. The number of aliphatic carboxylic acids is 1. The molecular formula is C25H24FNO5. The lowest BCUT2D eigenvalue weighted by Crippen LogP contribution is -2.04. The summed E-state index contributed by atoms with van der Waals surface area (Å²) in [5.74, 6) is 0.934. The largest absolute Gasteiger partial charge is 0.493 e. The number of carboxylic acids is 1. The number of hydrogen-bond acceptors (Lipinski definition) is 5. The van der Waals surface area contributed by atoms with E-state index >= 15 is 0 Å². The van der Waals surface area contributed by atoms with Crippen molar-refractivity contribution in [3.63, 3.8) is 0 Å². The fourth-order valence-electron chi connectivity index (χ4n) is 4.11. The molecule has 0 radical (unpaired) electrons. The summed E-state index contributed by atoms with van der Waals surface area (Å²) in [4.78, 5) is 12.9. The molecule has 3 aromatic rings. The second-order valence-corrected chi connectivity index (χ2v) is 7.61. The molecule has 2 heterocycles. The number of hydrogen-bond donors (Lipinski definition) is 1. The molecule has 0 saturated heterocycles. The Hall–Kier alpha value is -3.61. The Bertz CT molecular complexity index is 1140. The average Bonchev–Trinajstić information content (AvgIpc) is 3.40. The number of methoxy groups -OCH3 is 1. The number of pyridine rings is 1. The molecule has 0 spiro atoms. The molecule has 0 saturated carbocycles. The van der Waals surface area contributed by atoms with Gasteiger partial charge in [-0.1, -0.05) is 24.3 Å². The van der Waals surface area contributed by atoms with E-state index in [1.807, 2.05) is 24.3 Å². The number of rotatable bonds is 4. The summed E-state index contributed by atoms with van der Waals surface area (Å²) in [7, 11) is 1.53. The SMILES string of the molecule is CC(=O)O.COc1cc(-c2cccc3c2CCC3Oc2ccc3c(c2)OCC3)c(F)cn1. The van der Waals surface area contributed by atoms with Gasteiger partial charge in [0, 0.05) is 31.0 Å². The summed E-state index contributed by atoms with van der Waals surface area (Å²) in [6, 6.07) is 13.7. The third-order valence-corrected chi connectivity index (χ3v) is 5.49. The molecule has 5 rings (SSSR count). The number of halogens is 1. The van der Waals surface area contributed by atoms with Crippen molar-refractivity contribution in [2.45, 2.75) is 32.3 Å².